The molecule has 202 valence electrons. The maximum Gasteiger partial charge on any atom is 0.133 e. The van der Waals surface area contributed by atoms with Gasteiger partial charge in [0.25, 0.3) is 0 Å². The Labute approximate surface area is 225 Å². The van der Waals surface area contributed by atoms with Crippen LogP contribution in [0.25, 0.3) is 12.2 Å². The number of allylic oxidation sites excluding steroid dienone is 1. The summed E-state index contributed by atoms with van der Waals surface area (Å²) in [6.45, 7) is 19.0. The fraction of sp³-hybridized carbons (Fsp3) is 0.529. The number of carbonyl (C=O) groups is 1. The van der Waals surface area contributed by atoms with Crippen LogP contribution in [-0.4, -0.2) is 10.8 Å². The molecule has 0 spiro atoms. The van der Waals surface area contributed by atoms with Gasteiger partial charge in [-0.2, -0.15) is 0 Å². The highest BCUT2D eigenvalue weighted by Gasteiger charge is 2.27. The molecule has 0 radical (unpaired) electrons. The molecule has 0 aliphatic heterocycles. The Bertz CT molecular complexity index is 1040. The van der Waals surface area contributed by atoms with Gasteiger partial charge in [-0.3, -0.25) is 9.78 Å². The molecule has 1 unspecified atom stereocenters. The zero-order valence-corrected chi connectivity index (χ0v) is 24.0. The number of ketones is 1. The minimum atomic E-state index is 0. The van der Waals surface area contributed by atoms with E-state index in [0.717, 1.165) is 31.2 Å². The van der Waals surface area contributed by atoms with Crippen LogP contribution in [-0.2, 0) is 23.1 Å². The number of aromatic nitrogens is 1. The standard InChI is InChI=1S/C32H43NO.C2H6.3H2/c1-7-11-30-25(9-3)18-19-33-31(30)27-13-10-12-23(20-27)21-29(34)17-15-26-22-28(32(4,5)6)16-14-24(26)8-2;1-2;;;/h7-8,11,14,16,18-19,22-23,27H,2,9-10,12-13,15,17,20-21H2,1,3-6H3;1-2H3;3*1H/b11-7-;;;;/t23-,27?;;;;/m1..../s1. The van der Waals surface area contributed by atoms with Crippen LogP contribution in [0.15, 0.2) is 43.1 Å². The Morgan fingerprint density at radius 1 is 1.17 bits per heavy atom. The van der Waals surface area contributed by atoms with Crippen LogP contribution in [0.2, 0.25) is 0 Å². The van der Waals surface area contributed by atoms with E-state index in [1.807, 2.05) is 26.1 Å². The van der Waals surface area contributed by atoms with E-state index in [1.165, 1.54) is 40.8 Å². The summed E-state index contributed by atoms with van der Waals surface area (Å²) in [6.07, 6.45) is 16.0. The van der Waals surface area contributed by atoms with E-state index in [0.29, 0.717) is 30.5 Å². The first-order chi connectivity index (χ1) is 17.3. The SMILES string of the molecule is C=Cc1ccc(C(C)(C)C)cc1CCC(=O)C[C@@H]1CCCC(c2nccc(CC)c2/C=C\C)C1.CC.[HH].[HH].[HH]. The van der Waals surface area contributed by atoms with Crippen LogP contribution in [0.1, 0.15) is 131 Å². The monoisotopic (exact) mass is 493 g/mol. The molecule has 36 heavy (non-hydrogen) atoms. The fourth-order valence-electron chi connectivity index (χ4n) is 5.43. The number of hydrogen-bond acceptors (Lipinski definition) is 2. The first-order valence-electron chi connectivity index (χ1n) is 14.1. The molecule has 0 amide bonds. The molecule has 1 saturated carbocycles. The third-order valence-corrected chi connectivity index (χ3v) is 7.41. The van der Waals surface area contributed by atoms with Crippen molar-refractivity contribution in [2.75, 3.05) is 0 Å². The normalized spacial score (nSPS) is 18.0. The highest BCUT2D eigenvalue weighted by Crippen LogP contribution is 2.39. The van der Waals surface area contributed by atoms with Crippen LogP contribution in [0.3, 0.4) is 0 Å². The zero-order chi connectivity index (χ0) is 26.7. The molecular weight excluding hydrogens is 438 g/mol. The Kier molecular flexibility index (Phi) is 11.8. The molecule has 1 aliphatic carbocycles. The molecule has 2 heteroatoms. The molecule has 0 bridgehead atoms. The topological polar surface area (TPSA) is 30.0 Å². The molecule has 1 fully saturated rings. The summed E-state index contributed by atoms with van der Waals surface area (Å²) >= 11 is 0. The van der Waals surface area contributed by atoms with E-state index in [2.05, 4.69) is 77.6 Å². The van der Waals surface area contributed by atoms with Crippen LogP contribution < -0.4 is 0 Å². The van der Waals surface area contributed by atoms with Gasteiger partial charge in [-0.25, -0.2) is 0 Å². The number of aryl methyl sites for hydroxylation is 2. The molecule has 1 aliphatic rings. The second kappa shape index (κ2) is 14.3. The van der Waals surface area contributed by atoms with Crippen molar-refractivity contribution < 1.29 is 9.07 Å². The molecular formula is C34H55NO. The van der Waals surface area contributed by atoms with Crippen molar-refractivity contribution in [3.05, 3.63) is 76.6 Å². The maximum absolute atomic E-state index is 13.0. The van der Waals surface area contributed by atoms with Crippen molar-refractivity contribution in [2.24, 2.45) is 5.92 Å². The molecule has 0 saturated heterocycles. The van der Waals surface area contributed by atoms with Crippen LogP contribution in [0.5, 0.6) is 0 Å². The molecule has 2 atom stereocenters. The van der Waals surface area contributed by atoms with Crippen molar-refractivity contribution in [1.82, 2.24) is 4.98 Å². The number of rotatable bonds is 9. The second-order valence-corrected chi connectivity index (χ2v) is 11.0. The third kappa shape index (κ3) is 8.02. The van der Waals surface area contributed by atoms with E-state index < -0.39 is 0 Å². The first-order valence-corrected chi connectivity index (χ1v) is 14.1. The Morgan fingerprint density at radius 3 is 2.56 bits per heavy atom. The zero-order valence-electron chi connectivity index (χ0n) is 24.0. The van der Waals surface area contributed by atoms with E-state index in [4.69, 9.17) is 4.98 Å². The van der Waals surface area contributed by atoms with E-state index in [1.54, 1.807) is 0 Å². The minimum Gasteiger partial charge on any atom is -0.300 e. The molecule has 3 rings (SSSR count). The smallest absolute Gasteiger partial charge is 0.133 e. The average Bonchev–Trinajstić information content (AvgIpc) is 2.88. The quantitative estimate of drug-likeness (QED) is 0.348. The Hall–Kier alpha value is -2.48. The van der Waals surface area contributed by atoms with Crippen LogP contribution >= 0.6 is 0 Å². The van der Waals surface area contributed by atoms with Gasteiger partial charge in [0.05, 0.1) is 5.69 Å². The maximum atomic E-state index is 13.0. The van der Waals surface area contributed by atoms with Gasteiger partial charge in [0, 0.05) is 29.2 Å². The van der Waals surface area contributed by atoms with E-state index in [-0.39, 0.29) is 9.69 Å². The fourth-order valence-corrected chi connectivity index (χ4v) is 5.43. The third-order valence-electron chi connectivity index (χ3n) is 7.41. The molecule has 1 aromatic carbocycles. The summed E-state index contributed by atoms with van der Waals surface area (Å²) in [4.78, 5) is 17.8. The van der Waals surface area contributed by atoms with Crippen molar-refractivity contribution >= 4 is 17.9 Å². The number of carbonyl (C=O) groups excluding carboxylic acids is 1. The lowest BCUT2D eigenvalue weighted by Gasteiger charge is -2.30. The summed E-state index contributed by atoms with van der Waals surface area (Å²) in [5.74, 6) is 1.32. The predicted octanol–water partition coefficient (Wildman–Crippen LogP) is 10.2. The lowest BCUT2D eigenvalue weighted by molar-refractivity contribution is -0.120. The number of Topliss-reactive ketones (excluding diaryl/α,β-unsaturated/α-hetero) is 1. The predicted molar refractivity (Wildman–Crippen MR) is 164 cm³/mol. The van der Waals surface area contributed by atoms with Crippen LogP contribution in [0.4, 0.5) is 0 Å². The summed E-state index contributed by atoms with van der Waals surface area (Å²) in [5.41, 5.74) is 7.73. The summed E-state index contributed by atoms with van der Waals surface area (Å²) in [6, 6.07) is 8.76. The van der Waals surface area contributed by atoms with Crippen LogP contribution in [0, 0.1) is 5.92 Å². The lowest BCUT2D eigenvalue weighted by atomic mass is 9.76. The number of benzene rings is 1. The highest BCUT2D eigenvalue weighted by atomic mass is 16.1. The molecule has 1 aromatic heterocycles. The first kappa shape index (κ1) is 29.7. The van der Waals surface area contributed by atoms with Gasteiger partial charge in [-0.15, -0.1) is 0 Å². The lowest BCUT2D eigenvalue weighted by Crippen LogP contribution is -2.19. The molecule has 2 nitrogen and oxygen atoms in total. The van der Waals surface area contributed by atoms with Gasteiger partial charge >= 0.3 is 0 Å². The van der Waals surface area contributed by atoms with Crippen molar-refractivity contribution in [3.63, 3.8) is 0 Å². The van der Waals surface area contributed by atoms with Gasteiger partial charge in [0.1, 0.15) is 5.78 Å². The van der Waals surface area contributed by atoms with Gasteiger partial charge in [-0.1, -0.05) is 91.0 Å². The molecule has 2 aromatic rings. The molecule has 1 heterocycles. The van der Waals surface area contributed by atoms with E-state index in [9.17, 15) is 4.79 Å². The molecule has 0 N–H and O–H groups in total. The van der Waals surface area contributed by atoms with Crippen molar-refractivity contribution in [2.45, 2.75) is 111 Å². The second-order valence-electron chi connectivity index (χ2n) is 11.0. The Balaban J connectivity index is 0. The number of pyridine rings is 1. The number of hydrogen-bond donors (Lipinski definition) is 0. The summed E-state index contributed by atoms with van der Waals surface area (Å²) < 4.78 is 0. The summed E-state index contributed by atoms with van der Waals surface area (Å²) in [5, 5.41) is 0. The van der Waals surface area contributed by atoms with Gasteiger partial charge in [-0.05, 0) is 84.2 Å². The number of nitrogens with zero attached hydrogens (tertiary/aromatic N) is 1. The average molecular weight is 494 g/mol. The minimum absolute atomic E-state index is 0. The van der Waals surface area contributed by atoms with Gasteiger partial charge in [0.15, 0.2) is 0 Å². The van der Waals surface area contributed by atoms with Crippen molar-refractivity contribution in [3.8, 4) is 0 Å². The largest absolute Gasteiger partial charge is 0.300 e. The highest BCUT2D eigenvalue weighted by molar-refractivity contribution is 5.79. The van der Waals surface area contributed by atoms with E-state index >= 15 is 0 Å². The summed E-state index contributed by atoms with van der Waals surface area (Å²) in [7, 11) is 0. The van der Waals surface area contributed by atoms with Gasteiger partial charge < -0.3 is 0 Å². The Morgan fingerprint density at radius 2 is 1.92 bits per heavy atom. The van der Waals surface area contributed by atoms with Gasteiger partial charge in [0.2, 0.25) is 0 Å². The van der Waals surface area contributed by atoms with Crippen molar-refractivity contribution in [1.29, 1.82) is 0 Å².